The summed E-state index contributed by atoms with van der Waals surface area (Å²) < 4.78 is 5.06. The number of esters is 1. The zero-order chi connectivity index (χ0) is 18.4. The highest BCUT2D eigenvalue weighted by atomic mass is 16.5. The number of ether oxygens (including phenoxy) is 1. The normalized spacial score (nSPS) is 17.7. The number of hydrazone groups is 1. The second-order valence-corrected chi connectivity index (χ2v) is 6.47. The summed E-state index contributed by atoms with van der Waals surface area (Å²) in [6.45, 7) is 0.598. The van der Waals surface area contributed by atoms with E-state index in [0.29, 0.717) is 25.9 Å². The first-order valence-corrected chi connectivity index (χ1v) is 9.00. The molecule has 0 saturated carbocycles. The molecule has 0 aromatic heterocycles. The van der Waals surface area contributed by atoms with Gasteiger partial charge < -0.3 is 9.64 Å². The van der Waals surface area contributed by atoms with E-state index >= 15 is 0 Å². The highest BCUT2D eigenvalue weighted by molar-refractivity contribution is 6.02. The van der Waals surface area contributed by atoms with Crippen molar-refractivity contribution in [2.75, 3.05) is 26.2 Å². The molecular formula is C19H23N3O4. The van der Waals surface area contributed by atoms with Gasteiger partial charge in [0.2, 0.25) is 5.91 Å². The Morgan fingerprint density at radius 3 is 2.65 bits per heavy atom. The number of carbonyl (C=O) groups excluding carboxylic acids is 3. The summed E-state index contributed by atoms with van der Waals surface area (Å²) in [4.78, 5) is 37.6. The van der Waals surface area contributed by atoms with E-state index in [9.17, 15) is 14.4 Å². The van der Waals surface area contributed by atoms with Crippen LogP contribution >= 0.6 is 0 Å². The van der Waals surface area contributed by atoms with E-state index < -0.39 is 5.97 Å². The van der Waals surface area contributed by atoms with Crippen LogP contribution in [0.5, 0.6) is 0 Å². The van der Waals surface area contributed by atoms with Gasteiger partial charge in [-0.05, 0) is 18.4 Å². The third-order valence-corrected chi connectivity index (χ3v) is 4.54. The molecule has 3 rings (SSSR count). The van der Waals surface area contributed by atoms with Gasteiger partial charge in [0.1, 0.15) is 6.54 Å². The van der Waals surface area contributed by atoms with Gasteiger partial charge in [0.05, 0.1) is 12.3 Å². The Hall–Kier alpha value is -2.70. The molecule has 2 amide bonds. The lowest BCUT2D eigenvalue weighted by Gasteiger charge is -2.19. The average Bonchev–Trinajstić information content (AvgIpc) is 3.07. The monoisotopic (exact) mass is 357 g/mol. The van der Waals surface area contributed by atoms with Gasteiger partial charge in [-0.15, -0.1) is 0 Å². The maximum Gasteiger partial charge on any atom is 0.326 e. The van der Waals surface area contributed by atoms with Gasteiger partial charge in [-0.25, -0.2) is 5.01 Å². The Morgan fingerprint density at radius 1 is 1.04 bits per heavy atom. The van der Waals surface area contributed by atoms with Gasteiger partial charge in [0.25, 0.3) is 5.91 Å². The zero-order valence-corrected chi connectivity index (χ0v) is 14.7. The van der Waals surface area contributed by atoms with Crippen LogP contribution < -0.4 is 0 Å². The highest BCUT2D eigenvalue weighted by Gasteiger charge is 2.24. The molecule has 1 saturated heterocycles. The maximum atomic E-state index is 12.2. The average molecular weight is 357 g/mol. The number of likely N-dealkylation sites (tertiary alicyclic amines) is 1. The lowest BCUT2D eigenvalue weighted by Crippen LogP contribution is -2.37. The van der Waals surface area contributed by atoms with Crippen molar-refractivity contribution in [3.63, 3.8) is 0 Å². The molecular weight excluding hydrogens is 334 g/mol. The summed E-state index contributed by atoms with van der Waals surface area (Å²) in [5.74, 6) is -0.936. The van der Waals surface area contributed by atoms with Crippen LogP contribution in [0, 0.1) is 0 Å². The molecule has 7 nitrogen and oxygen atoms in total. The van der Waals surface area contributed by atoms with Crippen LogP contribution in [0.25, 0.3) is 0 Å². The van der Waals surface area contributed by atoms with Crippen molar-refractivity contribution >= 4 is 23.5 Å². The summed E-state index contributed by atoms with van der Waals surface area (Å²) in [5.41, 5.74) is 1.83. The van der Waals surface area contributed by atoms with Gasteiger partial charge in [-0.1, -0.05) is 36.8 Å². The summed E-state index contributed by atoms with van der Waals surface area (Å²) >= 11 is 0. The second kappa shape index (κ2) is 8.60. The number of benzene rings is 1. The molecule has 0 radical (unpaired) electrons. The van der Waals surface area contributed by atoms with Gasteiger partial charge in [0.15, 0.2) is 6.61 Å². The molecule has 1 aromatic carbocycles. The maximum absolute atomic E-state index is 12.2. The van der Waals surface area contributed by atoms with E-state index in [2.05, 4.69) is 5.10 Å². The van der Waals surface area contributed by atoms with E-state index in [1.165, 1.54) is 9.91 Å². The number of hydrogen-bond donors (Lipinski definition) is 0. The van der Waals surface area contributed by atoms with Crippen molar-refractivity contribution < 1.29 is 19.1 Å². The van der Waals surface area contributed by atoms with Crippen LogP contribution in [0.1, 0.15) is 37.7 Å². The Balaban J connectivity index is 1.47. The summed E-state index contributed by atoms with van der Waals surface area (Å²) in [6.07, 6.45) is 3.89. The topological polar surface area (TPSA) is 79.3 Å². The van der Waals surface area contributed by atoms with Crippen LogP contribution in [0.4, 0.5) is 0 Å². The highest BCUT2D eigenvalue weighted by Crippen LogP contribution is 2.14. The first kappa shape index (κ1) is 18.1. The summed E-state index contributed by atoms with van der Waals surface area (Å²) in [6, 6.07) is 9.68. The standard InChI is InChI=1S/C19H23N3O4/c23-17-9-5-2-6-11-21(17)13-19(25)26-14-18(24)22-12-10-16(20-22)15-7-3-1-4-8-15/h1,3-4,7-8H,2,5-6,9-14H2. The second-order valence-electron chi connectivity index (χ2n) is 6.47. The lowest BCUT2D eigenvalue weighted by molar-refractivity contribution is -0.154. The van der Waals surface area contributed by atoms with Crippen molar-refractivity contribution in [3.05, 3.63) is 35.9 Å². The first-order valence-electron chi connectivity index (χ1n) is 9.00. The van der Waals surface area contributed by atoms with E-state index in [1.807, 2.05) is 30.3 Å². The number of nitrogens with zero attached hydrogens (tertiary/aromatic N) is 3. The minimum Gasteiger partial charge on any atom is -0.454 e. The van der Waals surface area contributed by atoms with Crippen LogP contribution in [0.3, 0.4) is 0 Å². The van der Waals surface area contributed by atoms with E-state index in [1.54, 1.807) is 0 Å². The van der Waals surface area contributed by atoms with Crippen molar-refractivity contribution in [3.8, 4) is 0 Å². The van der Waals surface area contributed by atoms with Gasteiger partial charge in [0, 0.05) is 19.4 Å². The molecule has 0 spiro atoms. The van der Waals surface area contributed by atoms with Gasteiger partial charge in [-0.3, -0.25) is 14.4 Å². The summed E-state index contributed by atoms with van der Waals surface area (Å²) in [7, 11) is 0. The van der Waals surface area contributed by atoms with Gasteiger partial charge >= 0.3 is 5.97 Å². The van der Waals surface area contributed by atoms with E-state index in [0.717, 1.165) is 30.5 Å². The molecule has 138 valence electrons. The largest absolute Gasteiger partial charge is 0.454 e. The molecule has 7 heteroatoms. The third-order valence-electron chi connectivity index (χ3n) is 4.54. The number of amides is 2. The lowest BCUT2D eigenvalue weighted by atomic mass is 10.1. The Morgan fingerprint density at radius 2 is 1.85 bits per heavy atom. The number of carbonyl (C=O) groups is 3. The van der Waals surface area contributed by atoms with Crippen LogP contribution in [-0.4, -0.2) is 59.6 Å². The molecule has 0 N–H and O–H groups in total. The first-order chi connectivity index (χ1) is 12.6. The molecule has 0 aliphatic carbocycles. The third kappa shape index (κ3) is 4.68. The van der Waals surface area contributed by atoms with Crippen LogP contribution in [0.15, 0.2) is 35.4 Å². The molecule has 26 heavy (non-hydrogen) atoms. The number of rotatable bonds is 5. The van der Waals surface area contributed by atoms with E-state index in [4.69, 9.17) is 4.74 Å². The molecule has 2 heterocycles. The SMILES string of the molecule is O=C(CN1CCCCCC1=O)OCC(=O)N1CCC(c2ccccc2)=N1. The predicted octanol–water partition coefficient (Wildman–Crippen LogP) is 1.57. The van der Waals surface area contributed by atoms with Crippen LogP contribution in [0.2, 0.25) is 0 Å². The molecule has 0 bridgehead atoms. The van der Waals surface area contributed by atoms with Crippen molar-refractivity contribution in [2.45, 2.75) is 32.1 Å². The fourth-order valence-corrected chi connectivity index (χ4v) is 3.09. The van der Waals surface area contributed by atoms with Crippen molar-refractivity contribution in [2.24, 2.45) is 5.10 Å². The fourth-order valence-electron chi connectivity index (χ4n) is 3.09. The zero-order valence-electron chi connectivity index (χ0n) is 14.7. The molecule has 0 atom stereocenters. The molecule has 0 unspecified atom stereocenters. The Labute approximate surface area is 152 Å². The minimum absolute atomic E-state index is 0.0255. The quantitative estimate of drug-likeness (QED) is 0.749. The van der Waals surface area contributed by atoms with Crippen molar-refractivity contribution in [1.82, 2.24) is 9.91 Å². The van der Waals surface area contributed by atoms with Crippen molar-refractivity contribution in [1.29, 1.82) is 0 Å². The fraction of sp³-hybridized carbons (Fsp3) is 0.474. The molecule has 2 aliphatic rings. The van der Waals surface area contributed by atoms with Gasteiger partial charge in [-0.2, -0.15) is 5.10 Å². The van der Waals surface area contributed by atoms with Crippen LogP contribution in [-0.2, 0) is 19.1 Å². The molecule has 1 aromatic rings. The Bertz CT molecular complexity index is 702. The smallest absolute Gasteiger partial charge is 0.326 e. The Kier molecular flexibility index (Phi) is 5.99. The molecule has 1 fully saturated rings. The summed E-state index contributed by atoms with van der Waals surface area (Å²) in [5, 5.41) is 5.66. The minimum atomic E-state index is -0.556. The molecule has 2 aliphatic heterocycles. The van der Waals surface area contributed by atoms with E-state index in [-0.39, 0.29) is 25.0 Å². The number of hydrogen-bond acceptors (Lipinski definition) is 5. The predicted molar refractivity (Wildman–Crippen MR) is 95.3 cm³/mol.